The summed E-state index contributed by atoms with van der Waals surface area (Å²) in [6.07, 6.45) is -0.0606. The van der Waals surface area contributed by atoms with E-state index in [0.29, 0.717) is 11.3 Å². The number of nitrogens with one attached hydrogen (secondary N) is 1. The summed E-state index contributed by atoms with van der Waals surface area (Å²) < 4.78 is 25.5. The molecule has 0 spiro atoms. The van der Waals surface area contributed by atoms with Gasteiger partial charge in [0.25, 0.3) is 0 Å². The maximum atomic E-state index is 14.9. The second-order valence-electron chi connectivity index (χ2n) is 8.12. The molecule has 0 aromatic heterocycles. The highest BCUT2D eigenvalue weighted by Crippen LogP contribution is 2.29. The third-order valence-corrected chi connectivity index (χ3v) is 5.80. The van der Waals surface area contributed by atoms with Gasteiger partial charge in [0.15, 0.2) is 0 Å². The summed E-state index contributed by atoms with van der Waals surface area (Å²) in [5.41, 5.74) is 2.92. The second-order valence-corrected chi connectivity index (χ2v) is 8.12. The standard InChI is InChI=1S/C24H28FN3O4/c1-17(29)26-15-21-16-28(24(30)32-21)20-6-7-22(23(25)14-20)19-4-2-18(3-5-19)8-9-27-10-12-31-13-11-27/h2-7,14,21H,8-13,15-16H2,1H3,(H,26,29). The number of amides is 2. The largest absolute Gasteiger partial charge is 0.442 e. The minimum Gasteiger partial charge on any atom is -0.442 e. The number of rotatable bonds is 7. The van der Waals surface area contributed by atoms with Gasteiger partial charge in [0.2, 0.25) is 5.91 Å². The summed E-state index contributed by atoms with van der Waals surface area (Å²) in [6.45, 7) is 6.40. The van der Waals surface area contributed by atoms with Gasteiger partial charge in [0.05, 0.1) is 32.0 Å². The number of carbonyl (C=O) groups excluding carboxylic acids is 2. The molecule has 32 heavy (non-hydrogen) atoms. The van der Waals surface area contributed by atoms with E-state index in [9.17, 15) is 14.0 Å². The van der Waals surface area contributed by atoms with Gasteiger partial charge in [-0.3, -0.25) is 14.6 Å². The lowest BCUT2D eigenvalue weighted by Crippen LogP contribution is -2.37. The highest BCUT2D eigenvalue weighted by atomic mass is 19.1. The Bertz CT molecular complexity index is 960. The molecular formula is C24H28FN3O4. The van der Waals surface area contributed by atoms with E-state index in [1.165, 1.54) is 23.5 Å². The lowest BCUT2D eigenvalue weighted by atomic mass is 10.0. The van der Waals surface area contributed by atoms with Gasteiger partial charge in [0.1, 0.15) is 11.9 Å². The maximum absolute atomic E-state index is 14.9. The van der Waals surface area contributed by atoms with Crippen LogP contribution in [0, 0.1) is 5.82 Å². The molecule has 2 aliphatic rings. The molecule has 1 N–H and O–H groups in total. The first kappa shape index (κ1) is 22.2. The van der Waals surface area contributed by atoms with Crippen molar-refractivity contribution in [2.45, 2.75) is 19.4 Å². The zero-order valence-corrected chi connectivity index (χ0v) is 18.2. The number of cyclic esters (lactones) is 1. The van der Waals surface area contributed by atoms with Crippen molar-refractivity contribution in [1.29, 1.82) is 0 Å². The Balaban J connectivity index is 1.38. The fourth-order valence-corrected chi connectivity index (χ4v) is 3.97. The van der Waals surface area contributed by atoms with E-state index in [4.69, 9.17) is 9.47 Å². The van der Waals surface area contributed by atoms with Crippen LogP contribution in [0.15, 0.2) is 42.5 Å². The highest BCUT2D eigenvalue weighted by molar-refractivity contribution is 5.90. The Morgan fingerprint density at radius 3 is 2.59 bits per heavy atom. The molecule has 0 radical (unpaired) electrons. The molecular weight excluding hydrogens is 413 g/mol. The molecule has 2 aliphatic heterocycles. The number of halogens is 1. The van der Waals surface area contributed by atoms with E-state index >= 15 is 0 Å². The molecule has 0 bridgehead atoms. The molecule has 170 valence electrons. The number of morpholine rings is 1. The smallest absolute Gasteiger partial charge is 0.414 e. The first-order valence-electron chi connectivity index (χ1n) is 10.9. The van der Waals surface area contributed by atoms with Gasteiger partial charge in [-0.1, -0.05) is 24.3 Å². The highest BCUT2D eigenvalue weighted by Gasteiger charge is 2.32. The number of anilines is 1. The van der Waals surface area contributed by atoms with Crippen molar-refractivity contribution < 1.29 is 23.5 Å². The third-order valence-electron chi connectivity index (χ3n) is 5.80. The normalized spacial score (nSPS) is 19.1. The van der Waals surface area contributed by atoms with Crippen LogP contribution in [0.5, 0.6) is 0 Å². The molecule has 2 saturated heterocycles. The molecule has 2 fully saturated rings. The summed E-state index contributed by atoms with van der Waals surface area (Å²) >= 11 is 0. The van der Waals surface area contributed by atoms with E-state index in [-0.39, 0.29) is 19.0 Å². The van der Waals surface area contributed by atoms with Gasteiger partial charge >= 0.3 is 6.09 Å². The summed E-state index contributed by atoms with van der Waals surface area (Å²) in [5, 5.41) is 2.63. The molecule has 7 nitrogen and oxygen atoms in total. The number of ether oxygens (including phenoxy) is 2. The van der Waals surface area contributed by atoms with Gasteiger partial charge in [-0.25, -0.2) is 9.18 Å². The van der Waals surface area contributed by atoms with Crippen LogP contribution in [0.2, 0.25) is 0 Å². The second kappa shape index (κ2) is 10.1. The van der Waals surface area contributed by atoms with E-state index < -0.39 is 18.0 Å². The predicted octanol–water partition coefficient (Wildman–Crippen LogP) is 2.83. The summed E-state index contributed by atoms with van der Waals surface area (Å²) in [7, 11) is 0. The van der Waals surface area contributed by atoms with Crippen LogP contribution in [0.4, 0.5) is 14.9 Å². The SMILES string of the molecule is CC(=O)NCC1CN(c2ccc(-c3ccc(CCN4CCOCC4)cc3)c(F)c2)C(=O)O1. The molecule has 4 rings (SSSR count). The Morgan fingerprint density at radius 2 is 1.91 bits per heavy atom. The zero-order valence-electron chi connectivity index (χ0n) is 18.2. The van der Waals surface area contributed by atoms with Crippen molar-refractivity contribution in [1.82, 2.24) is 10.2 Å². The molecule has 2 heterocycles. The lowest BCUT2D eigenvalue weighted by molar-refractivity contribution is -0.119. The number of hydrogen-bond acceptors (Lipinski definition) is 5. The van der Waals surface area contributed by atoms with Gasteiger partial charge in [-0.05, 0) is 35.7 Å². The fraction of sp³-hybridized carbons (Fsp3) is 0.417. The van der Waals surface area contributed by atoms with Crippen molar-refractivity contribution in [2.24, 2.45) is 0 Å². The van der Waals surface area contributed by atoms with Crippen LogP contribution in [0.3, 0.4) is 0 Å². The molecule has 1 unspecified atom stereocenters. The molecule has 0 aliphatic carbocycles. The topological polar surface area (TPSA) is 71.1 Å². The minimum atomic E-state index is -0.544. The van der Waals surface area contributed by atoms with Gasteiger partial charge in [0, 0.05) is 32.1 Å². The summed E-state index contributed by atoms with van der Waals surface area (Å²) in [5.74, 6) is -0.594. The monoisotopic (exact) mass is 441 g/mol. The van der Waals surface area contributed by atoms with Gasteiger partial charge in [-0.2, -0.15) is 0 Å². The minimum absolute atomic E-state index is 0.193. The molecule has 1 atom stereocenters. The average molecular weight is 442 g/mol. The van der Waals surface area contributed by atoms with Gasteiger partial charge < -0.3 is 14.8 Å². The van der Waals surface area contributed by atoms with Crippen LogP contribution >= 0.6 is 0 Å². The van der Waals surface area contributed by atoms with E-state index in [0.717, 1.165) is 44.8 Å². The van der Waals surface area contributed by atoms with Crippen LogP contribution in [0.1, 0.15) is 12.5 Å². The van der Waals surface area contributed by atoms with Crippen molar-refractivity contribution in [3.63, 3.8) is 0 Å². The quantitative estimate of drug-likeness (QED) is 0.716. The number of benzene rings is 2. The van der Waals surface area contributed by atoms with Crippen LogP contribution in [0.25, 0.3) is 11.1 Å². The maximum Gasteiger partial charge on any atom is 0.414 e. The molecule has 0 saturated carbocycles. The van der Waals surface area contributed by atoms with E-state index in [1.54, 1.807) is 12.1 Å². The van der Waals surface area contributed by atoms with Crippen molar-refractivity contribution in [3.8, 4) is 11.1 Å². The van der Waals surface area contributed by atoms with E-state index in [1.807, 2.05) is 24.3 Å². The van der Waals surface area contributed by atoms with Crippen molar-refractivity contribution >= 4 is 17.7 Å². The number of nitrogens with zero attached hydrogens (tertiary/aromatic N) is 2. The molecule has 2 aromatic rings. The molecule has 2 aromatic carbocycles. The number of hydrogen-bond donors (Lipinski definition) is 1. The lowest BCUT2D eigenvalue weighted by Gasteiger charge is -2.26. The molecule has 8 heteroatoms. The van der Waals surface area contributed by atoms with Crippen molar-refractivity contribution in [2.75, 3.05) is 50.8 Å². The predicted molar refractivity (Wildman–Crippen MR) is 119 cm³/mol. The Labute approximate surface area is 187 Å². The average Bonchev–Trinajstić information content (AvgIpc) is 3.18. The van der Waals surface area contributed by atoms with Crippen LogP contribution in [-0.2, 0) is 20.7 Å². The first-order valence-corrected chi connectivity index (χ1v) is 10.9. The Kier molecular flexibility index (Phi) is 7.02. The fourth-order valence-electron chi connectivity index (χ4n) is 3.97. The Morgan fingerprint density at radius 1 is 1.16 bits per heavy atom. The van der Waals surface area contributed by atoms with Crippen LogP contribution < -0.4 is 10.2 Å². The zero-order chi connectivity index (χ0) is 22.5. The molecule has 2 amide bonds. The Hall–Kier alpha value is -2.97. The first-order chi connectivity index (χ1) is 15.5. The van der Waals surface area contributed by atoms with Crippen LogP contribution in [-0.4, -0.2) is 68.9 Å². The summed E-state index contributed by atoms with van der Waals surface area (Å²) in [6, 6.07) is 12.7. The van der Waals surface area contributed by atoms with E-state index in [2.05, 4.69) is 10.2 Å². The summed E-state index contributed by atoms with van der Waals surface area (Å²) in [4.78, 5) is 27.0. The number of carbonyl (C=O) groups is 2. The van der Waals surface area contributed by atoms with Crippen molar-refractivity contribution in [3.05, 3.63) is 53.8 Å². The van der Waals surface area contributed by atoms with Gasteiger partial charge in [-0.15, -0.1) is 0 Å². The third kappa shape index (κ3) is 5.44.